The molecule has 0 radical (unpaired) electrons. The van der Waals surface area contributed by atoms with Crippen molar-refractivity contribution >= 4 is 17.2 Å². The molecule has 3 fully saturated rings. The molecule has 5 rings (SSSR count). The van der Waals surface area contributed by atoms with E-state index >= 15 is 0 Å². The number of halogens is 2. The summed E-state index contributed by atoms with van der Waals surface area (Å²) < 4.78 is 35.3. The van der Waals surface area contributed by atoms with Crippen LogP contribution in [0.15, 0.2) is 34.5 Å². The molecule has 2 atom stereocenters. The van der Waals surface area contributed by atoms with Gasteiger partial charge in [-0.15, -0.1) is 0 Å². The summed E-state index contributed by atoms with van der Waals surface area (Å²) in [6.45, 7) is 0.653. The summed E-state index contributed by atoms with van der Waals surface area (Å²) >= 11 is 0. The molecule has 0 spiro atoms. The minimum Gasteiger partial charge on any atom is -0.431 e. The Morgan fingerprint density at radius 3 is 2.72 bits per heavy atom. The van der Waals surface area contributed by atoms with Gasteiger partial charge in [0, 0.05) is 42.5 Å². The van der Waals surface area contributed by atoms with E-state index in [1.807, 2.05) is 6.08 Å². The summed E-state index contributed by atoms with van der Waals surface area (Å²) in [5.41, 5.74) is 16.6. The Morgan fingerprint density at radius 2 is 2.09 bits per heavy atom. The lowest BCUT2D eigenvalue weighted by Gasteiger charge is -2.32. The van der Waals surface area contributed by atoms with Gasteiger partial charge in [0.1, 0.15) is 0 Å². The van der Waals surface area contributed by atoms with Gasteiger partial charge >= 0.3 is 6.61 Å². The topological polar surface area (TPSA) is 99.0 Å². The van der Waals surface area contributed by atoms with E-state index in [-0.39, 0.29) is 11.6 Å². The SMILES string of the molecule is NC(=CC(=NC1CCC1)C1=C2C[C@@H](N3CCOCC3)C[C@H]21)c1cnc(N)c(OC(F)F)c1. The van der Waals surface area contributed by atoms with Crippen molar-refractivity contribution in [2.45, 2.75) is 50.8 Å². The van der Waals surface area contributed by atoms with E-state index in [1.54, 1.807) is 0 Å². The number of ether oxygens (including phenoxy) is 2. The van der Waals surface area contributed by atoms with Crippen LogP contribution in [0.3, 0.4) is 0 Å². The molecule has 3 aliphatic carbocycles. The zero-order chi connectivity index (χ0) is 22.2. The van der Waals surface area contributed by atoms with Crippen LogP contribution in [-0.2, 0) is 4.74 Å². The number of anilines is 1. The fourth-order valence-corrected chi connectivity index (χ4v) is 4.94. The molecule has 172 valence electrons. The van der Waals surface area contributed by atoms with Crippen molar-refractivity contribution in [1.29, 1.82) is 0 Å². The fraction of sp³-hybridized carbons (Fsp3) is 0.565. The highest BCUT2D eigenvalue weighted by Gasteiger charge is 2.48. The van der Waals surface area contributed by atoms with Crippen molar-refractivity contribution in [2.75, 3.05) is 32.0 Å². The van der Waals surface area contributed by atoms with Crippen molar-refractivity contribution in [1.82, 2.24) is 9.88 Å². The normalized spacial score (nSPS) is 27.0. The van der Waals surface area contributed by atoms with Crippen LogP contribution in [0, 0.1) is 5.92 Å². The van der Waals surface area contributed by atoms with Gasteiger partial charge in [0.15, 0.2) is 11.6 Å². The number of nitrogens with two attached hydrogens (primary N) is 2. The Labute approximate surface area is 186 Å². The minimum absolute atomic E-state index is 0.0963. The van der Waals surface area contributed by atoms with Gasteiger partial charge in [0.25, 0.3) is 0 Å². The van der Waals surface area contributed by atoms with Crippen LogP contribution in [0.5, 0.6) is 5.75 Å². The van der Waals surface area contributed by atoms with E-state index in [9.17, 15) is 8.78 Å². The van der Waals surface area contributed by atoms with Crippen molar-refractivity contribution < 1.29 is 18.3 Å². The number of morpholine rings is 1. The van der Waals surface area contributed by atoms with Crippen LogP contribution in [0.2, 0.25) is 0 Å². The lowest BCUT2D eigenvalue weighted by molar-refractivity contribution is -0.0495. The van der Waals surface area contributed by atoms with Gasteiger partial charge in [-0.25, -0.2) is 4.98 Å². The largest absolute Gasteiger partial charge is 0.431 e. The predicted molar refractivity (Wildman–Crippen MR) is 118 cm³/mol. The van der Waals surface area contributed by atoms with Gasteiger partial charge in [-0.3, -0.25) is 9.89 Å². The first kappa shape index (κ1) is 21.3. The average molecular weight is 446 g/mol. The average Bonchev–Trinajstić information content (AvgIpc) is 3.23. The number of nitrogens with zero attached hydrogens (tertiary/aromatic N) is 3. The summed E-state index contributed by atoms with van der Waals surface area (Å²) in [4.78, 5) is 11.5. The zero-order valence-electron chi connectivity index (χ0n) is 18.0. The maximum absolute atomic E-state index is 12.7. The monoisotopic (exact) mass is 445 g/mol. The van der Waals surface area contributed by atoms with Crippen LogP contribution < -0.4 is 16.2 Å². The predicted octanol–water partition coefficient (Wildman–Crippen LogP) is 2.98. The number of nitrogen functional groups attached to an aromatic ring is 1. The summed E-state index contributed by atoms with van der Waals surface area (Å²) in [5.74, 6) is 0.207. The van der Waals surface area contributed by atoms with E-state index in [0.29, 0.717) is 29.3 Å². The number of pyridine rings is 1. The van der Waals surface area contributed by atoms with Gasteiger partial charge in [0.2, 0.25) is 0 Å². The van der Waals surface area contributed by atoms with Crippen LogP contribution in [-0.4, -0.2) is 60.6 Å². The molecular weight excluding hydrogens is 416 g/mol. The number of hydrogen-bond donors (Lipinski definition) is 2. The standard InChI is InChI=1S/C23H29F2N5O2/c24-23(25)32-20-8-13(12-28-22(20)27)18(26)11-19(29-14-2-1-3-14)21-16-9-15(10-17(16)21)30-4-6-31-7-5-30/h8,11-12,14-16,23H,1-7,9-10,26H2,(H2,27,28)/t15-,16+/m0/s1. The van der Waals surface area contributed by atoms with E-state index in [2.05, 4.69) is 14.6 Å². The highest BCUT2D eigenvalue weighted by molar-refractivity contribution is 6.16. The quantitative estimate of drug-likeness (QED) is 0.626. The second kappa shape index (κ2) is 8.78. The Hall–Kier alpha value is -2.52. The van der Waals surface area contributed by atoms with Gasteiger partial charge in [-0.05, 0) is 49.8 Å². The lowest BCUT2D eigenvalue weighted by Crippen LogP contribution is -2.42. The third-order valence-corrected chi connectivity index (χ3v) is 6.95. The van der Waals surface area contributed by atoms with Gasteiger partial charge in [0.05, 0.1) is 25.0 Å². The molecular formula is C23H29F2N5O2. The maximum atomic E-state index is 12.7. The Morgan fingerprint density at radius 1 is 1.31 bits per heavy atom. The molecule has 2 heterocycles. The smallest absolute Gasteiger partial charge is 0.387 e. The van der Waals surface area contributed by atoms with E-state index < -0.39 is 6.61 Å². The van der Waals surface area contributed by atoms with Crippen LogP contribution >= 0.6 is 0 Å². The Balaban J connectivity index is 1.36. The number of allylic oxidation sites excluding steroid dienone is 2. The molecule has 9 heteroatoms. The number of fused-ring (bicyclic) bond motifs is 1. The van der Waals surface area contributed by atoms with Crippen molar-refractivity contribution in [3.63, 3.8) is 0 Å². The first-order chi connectivity index (χ1) is 15.5. The molecule has 1 aromatic heterocycles. The summed E-state index contributed by atoms with van der Waals surface area (Å²) in [5, 5.41) is 0. The molecule has 32 heavy (non-hydrogen) atoms. The molecule has 0 amide bonds. The lowest BCUT2D eigenvalue weighted by atomic mass is 9.93. The highest BCUT2D eigenvalue weighted by atomic mass is 19.3. The number of aliphatic imine (C=N–C) groups is 1. The molecule has 1 saturated heterocycles. The highest BCUT2D eigenvalue weighted by Crippen LogP contribution is 2.54. The van der Waals surface area contributed by atoms with Crippen LogP contribution in [0.1, 0.15) is 37.7 Å². The van der Waals surface area contributed by atoms with Crippen LogP contribution in [0.4, 0.5) is 14.6 Å². The Kier molecular flexibility index (Phi) is 5.86. The van der Waals surface area contributed by atoms with Crippen molar-refractivity contribution in [3.05, 3.63) is 35.0 Å². The molecule has 0 unspecified atom stereocenters. The van der Waals surface area contributed by atoms with Crippen LogP contribution in [0.25, 0.3) is 5.70 Å². The third-order valence-electron chi connectivity index (χ3n) is 6.95. The summed E-state index contributed by atoms with van der Waals surface area (Å²) in [6, 6.07) is 2.33. The molecule has 2 saturated carbocycles. The van der Waals surface area contributed by atoms with Gasteiger partial charge < -0.3 is 20.9 Å². The third kappa shape index (κ3) is 4.36. The molecule has 7 nitrogen and oxygen atoms in total. The molecule has 1 aliphatic heterocycles. The molecule has 0 aromatic carbocycles. The van der Waals surface area contributed by atoms with E-state index in [4.69, 9.17) is 21.2 Å². The first-order valence-corrected chi connectivity index (χ1v) is 11.3. The summed E-state index contributed by atoms with van der Waals surface area (Å²) in [7, 11) is 0. The maximum Gasteiger partial charge on any atom is 0.387 e. The number of rotatable bonds is 7. The fourth-order valence-electron chi connectivity index (χ4n) is 4.94. The molecule has 4 N–H and O–H groups in total. The Bertz CT molecular complexity index is 967. The van der Waals surface area contributed by atoms with E-state index in [0.717, 1.165) is 57.7 Å². The number of hydrogen-bond acceptors (Lipinski definition) is 7. The van der Waals surface area contributed by atoms with Gasteiger partial charge in [-0.2, -0.15) is 8.78 Å². The number of alkyl halides is 2. The van der Waals surface area contributed by atoms with E-state index in [1.165, 1.54) is 29.8 Å². The molecule has 1 aromatic rings. The minimum atomic E-state index is -2.98. The second-order valence-corrected chi connectivity index (χ2v) is 8.92. The summed E-state index contributed by atoms with van der Waals surface area (Å²) in [6.07, 6.45) is 8.92. The van der Waals surface area contributed by atoms with Crippen molar-refractivity contribution in [3.8, 4) is 5.75 Å². The second-order valence-electron chi connectivity index (χ2n) is 8.92. The number of aromatic nitrogens is 1. The zero-order valence-corrected chi connectivity index (χ0v) is 18.0. The van der Waals surface area contributed by atoms with Crippen molar-refractivity contribution in [2.24, 2.45) is 16.6 Å². The molecule has 0 bridgehead atoms. The van der Waals surface area contributed by atoms with Gasteiger partial charge in [-0.1, -0.05) is 5.57 Å². The first-order valence-electron chi connectivity index (χ1n) is 11.3. The molecule has 4 aliphatic rings.